The highest BCUT2D eigenvalue weighted by atomic mass is 32.1. The summed E-state index contributed by atoms with van der Waals surface area (Å²) in [4.78, 5) is 24.2. The van der Waals surface area contributed by atoms with E-state index in [1.54, 1.807) is 17.7 Å². The molecule has 6 heteroatoms. The molecule has 3 aromatic rings. The van der Waals surface area contributed by atoms with Crippen LogP contribution >= 0.6 is 11.3 Å². The molecule has 2 aromatic heterocycles. The molecule has 0 aliphatic carbocycles. The number of fused-ring (bicyclic) bond motifs is 1. The van der Waals surface area contributed by atoms with Crippen molar-refractivity contribution < 1.29 is 4.79 Å². The van der Waals surface area contributed by atoms with Crippen LogP contribution in [0.3, 0.4) is 0 Å². The molecule has 0 bridgehead atoms. The van der Waals surface area contributed by atoms with E-state index in [4.69, 9.17) is 0 Å². The molecule has 1 saturated heterocycles. The van der Waals surface area contributed by atoms with Crippen LogP contribution < -0.4 is 5.32 Å². The van der Waals surface area contributed by atoms with Gasteiger partial charge in [-0.2, -0.15) is 0 Å². The predicted molar refractivity (Wildman–Crippen MR) is 96.4 cm³/mol. The number of hydrogen-bond donors (Lipinski definition) is 1. The minimum atomic E-state index is 0.102. The van der Waals surface area contributed by atoms with Gasteiger partial charge in [0, 0.05) is 24.7 Å². The maximum atomic E-state index is 12.6. The van der Waals surface area contributed by atoms with Gasteiger partial charge < -0.3 is 10.2 Å². The van der Waals surface area contributed by atoms with E-state index in [0.717, 1.165) is 41.0 Å². The summed E-state index contributed by atoms with van der Waals surface area (Å²) < 4.78 is 0. The van der Waals surface area contributed by atoms with Gasteiger partial charge >= 0.3 is 0 Å². The summed E-state index contributed by atoms with van der Waals surface area (Å²) in [5, 5.41) is 6.58. The molecule has 1 N–H and O–H groups in total. The summed E-state index contributed by atoms with van der Waals surface area (Å²) in [7, 11) is 0. The van der Waals surface area contributed by atoms with Crippen LogP contribution in [0.2, 0.25) is 0 Å². The molecule has 4 rings (SSSR count). The lowest BCUT2D eigenvalue weighted by Gasteiger charge is -2.33. The zero-order valence-electron chi connectivity index (χ0n) is 13.2. The van der Waals surface area contributed by atoms with Crippen molar-refractivity contribution in [1.29, 1.82) is 0 Å². The SMILES string of the molecule is O=C(c1ccccc1)N1CCC[C@H](Nc2ncnc3sccc23)C1. The van der Waals surface area contributed by atoms with Crippen LogP contribution in [0.1, 0.15) is 23.2 Å². The normalized spacial score (nSPS) is 17.8. The van der Waals surface area contributed by atoms with E-state index < -0.39 is 0 Å². The third kappa shape index (κ3) is 2.97. The Balaban J connectivity index is 1.49. The molecule has 3 heterocycles. The van der Waals surface area contributed by atoms with E-state index in [1.807, 2.05) is 46.7 Å². The van der Waals surface area contributed by atoms with Crippen LogP contribution in [0.5, 0.6) is 0 Å². The van der Waals surface area contributed by atoms with Gasteiger partial charge in [-0.3, -0.25) is 4.79 Å². The Bertz CT molecular complexity index is 848. The Morgan fingerprint density at radius 1 is 1.21 bits per heavy atom. The molecule has 1 atom stereocenters. The van der Waals surface area contributed by atoms with Gasteiger partial charge in [-0.1, -0.05) is 18.2 Å². The van der Waals surface area contributed by atoms with Gasteiger partial charge in [-0.05, 0) is 36.4 Å². The van der Waals surface area contributed by atoms with Crippen LogP contribution in [0.4, 0.5) is 5.82 Å². The lowest BCUT2D eigenvalue weighted by Crippen LogP contribution is -2.45. The van der Waals surface area contributed by atoms with Crippen molar-refractivity contribution in [3.8, 4) is 0 Å². The summed E-state index contributed by atoms with van der Waals surface area (Å²) in [6.45, 7) is 1.51. The molecule has 1 aliphatic heterocycles. The quantitative estimate of drug-likeness (QED) is 0.795. The zero-order valence-corrected chi connectivity index (χ0v) is 14.0. The lowest BCUT2D eigenvalue weighted by molar-refractivity contribution is 0.0715. The number of hydrogen-bond acceptors (Lipinski definition) is 5. The first-order valence-corrected chi connectivity index (χ1v) is 8.98. The van der Waals surface area contributed by atoms with Crippen LogP contribution in [-0.4, -0.2) is 39.9 Å². The highest BCUT2D eigenvalue weighted by Crippen LogP contribution is 2.25. The van der Waals surface area contributed by atoms with Gasteiger partial charge in [0.05, 0.1) is 5.39 Å². The number of anilines is 1. The molecule has 24 heavy (non-hydrogen) atoms. The third-order valence-corrected chi connectivity index (χ3v) is 5.15. The van der Waals surface area contributed by atoms with Crippen molar-refractivity contribution in [2.24, 2.45) is 0 Å². The molecular weight excluding hydrogens is 320 g/mol. The van der Waals surface area contributed by atoms with Gasteiger partial charge in [0.1, 0.15) is 17.0 Å². The molecule has 122 valence electrons. The molecular formula is C18H18N4OS. The summed E-state index contributed by atoms with van der Waals surface area (Å²) in [6, 6.07) is 11.7. The third-order valence-electron chi connectivity index (χ3n) is 4.33. The first-order chi connectivity index (χ1) is 11.8. The Labute approximate surface area is 144 Å². The van der Waals surface area contributed by atoms with E-state index in [2.05, 4.69) is 15.3 Å². The molecule has 0 radical (unpaired) electrons. The van der Waals surface area contributed by atoms with E-state index in [9.17, 15) is 4.79 Å². The number of rotatable bonds is 3. The fourth-order valence-corrected chi connectivity index (χ4v) is 3.87. The topological polar surface area (TPSA) is 58.1 Å². The minimum Gasteiger partial charge on any atom is -0.365 e. The fraction of sp³-hybridized carbons (Fsp3) is 0.278. The summed E-state index contributed by atoms with van der Waals surface area (Å²) >= 11 is 1.61. The number of carbonyl (C=O) groups excluding carboxylic acids is 1. The van der Waals surface area contributed by atoms with Crippen LogP contribution in [0.25, 0.3) is 10.2 Å². The number of amides is 1. The summed E-state index contributed by atoms with van der Waals surface area (Å²) in [6.07, 6.45) is 3.62. The number of benzene rings is 1. The first kappa shape index (κ1) is 15.1. The second kappa shape index (κ2) is 6.57. The smallest absolute Gasteiger partial charge is 0.253 e. The molecule has 1 amide bonds. The number of nitrogens with zero attached hydrogens (tertiary/aromatic N) is 3. The van der Waals surface area contributed by atoms with Crippen molar-refractivity contribution >= 4 is 33.3 Å². The van der Waals surface area contributed by atoms with E-state index >= 15 is 0 Å². The van der Waals surface area contributed by atoms with Crippen molar-refractivity contribution in [1.82, 2.24) is 14.9 Å². The maximum absolute atomic E-state index is 12.6. The number of carbonyl (C=O) groups is 1. The molecule has 1 aliphatic rings. The second-order valence-corrected chi connectivity index (χ2v) is 6.86. The van der Waals surface area contributed by atoms with Gasteiger partial charge in [0.15, 0.2) is 0 Å². The number of aromatic nitrogens is 2. The predicted octanol–water partition coefficient (Wildman–Crippen LogP) is 3.41. The van der Waals surface area contributed by atoms with Gasteiger partial charge in [0.25, 0.3) is 5.91 Å². The monoisotopic (exact) mass is 338 g/mol. The number of likely N-dealkylation sites (tertiary alicyclic amines) is 1. The van der Waals surface area contributed by atoms with E-state index in [0.29, 0.717) is 6.54 Å². The Kier molecular flexibility index (Phi) is 4.13. The van der Waals surface area contributed by atoms with Crippen molar-refractivity contribution in [3.05, 3.63) is 53.7 Å². The van der Waals surface area contributed by atoms with Crippen molar-refractivity contribution in [3.63, 3.8) is 0 Å². The number of piperidine rings is 1. The Morgan fingerprint density at radius 3 is 2.96 bits per heavy atom. The van der Waals surface area contributed by atoms with Gasteiger partial charge in [-0.15, -0.1) is 11.3 Å². The molecule has 0 spiro atoms. The standard InChI is InChI=1S/C18H18N4OS/c23-18(13-5-2-1-3-6-13)22-9-4-7-14(11-22)21-16-15-8-10-24-17(15)20-12-19-16/h1-3,5-6,8,10,12,14H,4,7,9,11H2,(H,19,20,21)/t14-/m0/s1. The van der Waals surface area contributed by atoms with Gasteiger partial charge in [0.2, 0.25) is 0 Å². The Morgan fingerprint density at radius 2 is 2.08 bits per heavy atom. The fourth-order valence-electron chi connectivity index (χ4n) is 3.14. The number of nitrogens with one attached hydrogen (secondary N) is 1. The maximum Gasteiger partial charge on any atom is 0.253 e. The summed E-state index contributed by atoms with van der Waals surface area (Å²) in [5.74, 6) is 0.964. The largest absolute Gasteiger partial charge is 0.365 e. The van der Waals surface area contributed by atoms with E-state index in [-0.39, 0.29) is 11.9 Å². The number of thiophene rings is 1. The summed E-state index contributed by atoms with van der Waals surface area (Å²) in [5.41, 5.74) is 0.750. The first-order valence-electron chi connectivity index (χ1n) is 8.10. The molecule has 1 aromatic carbocycles. The van der Waals surface area contributed by atoms with Crippen molar-refractivity contribution in [2.45, 2.75) is 18.9 Å². The lowest BCUT2D eigenvalue weighted by atomic mass is 10.0. The van der Waals surface area contributed by atoms with E-state index in [1.165, 1.54) is 0 Å². The highest BCUT2D eigenvalue weighted by Gasteiger charge is 2.25. The second-order valence-electron chi connectivity index (χ2n) is 5.96. The molecule has 0 saturated carbocycles. The highest BCUT2D eigenvalue weighted by molar-refractivity contribution is 7.16. The molecule has 1 fully saturated rings. The van der Waals surface area contributed by atoms with Crippen molar-refractivity contribution in [2.75, 3.05) is 18.4 Å². The zero-order chi connectivity index (χ0) is 16.4. The minimum absolute atomic E-state index is 0.102. The van der Waals surface area contributed by atoms with Crippen LogP contribution in [0, 0.1) is 0 Å². The van der Waals surface area contributed by atoms with Crippen LogP contribution in [0.15, 0.2) is 48.1 Å². The van der Waals surface area contributed by atoms with Crippen LogP contribution in [-0.2, 0) is 0 Å². The molecule has 0 unspecified atom stereocenters. The van der Waals surface area contributed by atoms with Gasteiger partial charge in [-0.25, -0.2) is 9.97 Å². The Hall–Kier alpha value is -2.47. The average Bonchev–Trinajstić information content (AvgIpc) is 3.12. The average molecular weight is 338 g/mol. The molecule has 5 nitrogen and oxygen atoms in total.